The lowest BCUT2D eigenvalue weighted by molar-refractivity contribution is 0.0956. The second-order valence-corrected chi connectivity index (χ2v) is 5.64. The van der Waals surface area contributed by atoms with Crippen LogP contribution in [0, 0.1) is 0 Å². The van der Waals surface area contributed by atoms with E-state index < -0.39 is 10.8 Å². The van der Waals surface area contributed by atoms with Gasteiger partial charge in [-0.3, -0.25) is 9.00 Å². The quantitative estimate of drug-likeness (QED) is 0.832. The molecule has 0 spiro atoms. The molecule has 0 radical (unpaired) electrons. The van der Waals surface area contributed by atoms with E-state index in [4.69, 9.17) is 0 Å². The molecule has 1 aliphatic heterocycles. The van der Waals surface area contributed by atoms with E-state index in [1.165, 1.54) is 5.56 Å². The van der Waals surface area contributed by atoms with Crippen LogP contribution in [0.2, 0.25) is 0 Å². The predicted molar refractivity (Wildman–Crippen MR) is 69.9 cm³/mol. The van der Waals surface area contributed by atoms with Crippen molar-refractivity contribution in [3.8, 4) is 0 Å². The maximum Gasteiger partial charge on any atom is 0.251 e. The molecule has 92 valence electrons. The first-order chi connectivity index (χ1) is 8.16. The fourth-order valence-corrected chi connectivity index (χ4v) is 2.23. The Morgan fingerprint density at radius 2 is 2.35 bits per heavy atom. The summed E-state index contributed by atoms with van der Waals surface area (Å²) in [7, 11) is -0.865. The number of fused-ring (bicyclic) bond motifs is 1. The predicted octanol–water partition coefficient (Wildman–Crippen LogP) is 0.763. The third kappa shape index (κ3) is 3.06. The summed E-state index contributed by atoms with van der Waals surface area (Å²) >= 11 is 0. The van der Waals surface area contributed by atoms with Crippen LogP contribution in [0.15, 0.2) is 18.2 Å². The highest BCUT2D eigenvalue weighted by molar-refractivity contribution is 7.84. The minimum Gasteiger partial charge on any atom is -0.384 e. The molecule has 1 aliphatic rings. The minimum atomic E-state index is -0.865. The molecular formula is C12H16N2O2S. The van der Waals surface area contributed by atoms with Crippen LogP contribution in [-0.2, 0) is 17.2 Å². The molecule has 1 heterocycles. The number of carbonyl (C=O) groups is 1. The van der Waals surface area contributed by atoms with E-state index in [0.29, 0.717) is 17.9 Å². The monoisotopic (exact) mass is 252 g/mol. The number of rotatable bonds is 4. The molecule has 0 saturated carbocycles. The Morgan fingerprint density at radius 3 is 3.12 bits per heavy atom. The van der Waals surface area contributed by atoms with Crippen molar-refractivity contribution < 1.29 is 9.00 Å². The summed E-state index contributed by atoms with van der Waals surface area (Å²) in [6.07, 6.45) is 2.65. The second kappa shape index (κ2) is 5.31. The Hall–Kier alpha value is -1.36. The Labute approximate surface area is 103 Å². The van der Waals surface area contributed by atoms with Gasteiger partial charge in [-0.1, -0.05) is 6.07 Å². The van der Waals surface area contributed by atoms with Crippen molar-refractivity contribution in [1.29, 1.82) is 0 Å². The maximum atomic E-state index is 11.8. The van der Waals surface area contributed by atoms with Crippen molar-refractivity contribution in [2.24, 2.45) is 0 Å². The van der Waals surface area contributed by atoms with E-state index in [1.54, 1.807) is 6.26 Å². The molecule has 0 fully saturated rings. The highest BCUT2D eigenvalue weighted by atomic mass is 32.2. The summed E-state index contributed by atoms with van der Waals surface area (Å²) in [4.78, 5) is 11.8. The van der Waals surface area contributed by atoms with Crippen molar-refractivity contribution in [3.63, 3.8) is 0 Å². The number of benzene rings is 1. The fourth-order valence-electron chi connectivity index (χ4n) is 1.84. The minimum absolute atomic E-state index is 0.105. The molecule has 2 rings (SSSR count). The third-order valence-corrected chi connectivity index (χ3v) is 3.54. The number of anilines is 1. The summed E-state index contributed by atoms with van der Waals surface area (Å²) in [6, 6.07) is 5.70. The van der Waals surface area contributed by atoms with Crippen molar-refractivity contribution in [3.05, 3.63) is 29.3 Å². The van der Waals surface area contributed by atoms with E-state index in [9.17, 15) is 9.00 Å². The maximum absolute atomic E-state index is 11.8. The lowest BCUT2D eigenvalue weighted by atomic mass is 10.1. The van der Waals surface area contributed by atoms with Gasteiger partial charge in [0.25, 0.3) is 5.91 Å². The Morgan fingerprint density at radius 1 is 1.53 bits per heavy atom. The van der Waals surface area contributed by atoms with Crippen LogP contribution in [0.5, 0.6) is 0 Å². The van der Waals surface area contributed by atoms with Crippen LogP contribution in [-0.4, -0.2) is 35.2 Å². The van der Waals surface area contributed by atoms with Crippen LogP contribution < -0.4 is 10.6 Å². The molecule has 0 aromatic heterocycles. The lowest BCUT2D eigenvalue weighted by Crippen LogP contribution is -2.27. The van der Waals surface area contributed by atoms with E-state index in [-0.39, 0.29) is 5.91 Å². The van der Waals surface area contributed by atoms with Gasteiger partial charge in [0.2, 0.25) is 0 Å². The number of hydrogen-bond acceptors (Lipinski definition) is 3. The first kappa shape index (κ1) is 12.1. The molecule has 1 aromatic rings. The van der Waals surface area contributed by atoms with Gasteiger partial charge in [0.15, 0.2) is 0 Å². The molecule has 1 unspecified atom stereocenters. The molecule has 1 aromatic carbocycles. The third-order valence-electron chi connectivity index (χ3n) is 2.76. The highest BCUT2D eigenvalue weighted by Gasteiger charge is 2.12. The van der Waals surface area contributed by atoms with Gasteiger partial charge in [0.1, 0.15) is 0 Å². The summed E-state index contributed by atoms with van der Waals surface area (Å²) in [5, 5.41) is 6.00. The number of hydrogen-bond donors (Lipinski definition) is 2. The Balaban J connectivity index is 1.97. The smallest absolute Gasteiger partial charge is 0.251 e. The molecule has 1 atom stereocenters. The summed E-state index contributed by atoms with van der Waals surface area (Å²) in [6.45, 7) is 1.39. The Kier molecular flexibility index (Phi) is 3.78. The summed E-state index contributed by atoms with van der Waals surface area (Å²) in [5.74, 6) is 0.390. The van der Waals surface area contributed by atoms with Gasteiger partial charge < -0.3 is 10.6 Å². The normalized spacial score (nSPS) is 14.9. The molecule has 1 amide bonds. The average Bonchev–Trinajstić information content (AvgIpc) is 2.75. The van der Waals surface area contributed by atoms with Crippen molar-refractivity contribution in [2.75, 3.05) is 30.4 Å². The highest BCUT2D eigenvalue weighted by Crippen LogP contribution is 2.22. The average molecular weight is 252 g/mol. The first-order valence-electron chi connectivity index (χ1n) is 5.62. The largest absolute Gasteiger partial charge is 0.384 e. The second-order valence-electron chi connectivity index (χ2n) is 4.08. The van der Waals surface area contributed by atoms with Crippen LogP contribution in [0.4, 0.5) is 5.69 Å². The number of amides is 1. The first-order valence-corrected chi connectivity index (χ1v) is 7.34. The van der Waals surface area contributed by atoms with Gasteiger partial charge in [0.05, 0.1) is 0 Å². The molecule has 17 heavy (non-hydrogen) atoms. The van der Waals surface area contributed by atoms with Gasteiger partial charge in [-0.15, -0.1) is 0 Å². The fraction of sp³-hybridized carbons (Fsp3) is 0.417. The van der Waals surface area contributed by atoms with Crippen LogP contribution in [0.3, 0.4) is 0 Å². The van der Waals surface area contributed by atoms with Crippen molar-refractivity contribution >= 4 is 22.4 Å². The van der Waals surface area contributed by atoms with Gasteiger partial charge >= 0.3 is 0 Å². The van der Waals surface area contributed by atoms with Crippen molar-refractivity contribution in [2.45, 2.75) is 6.42 Å². The van der Waals surface area contributed by atoms with Gasteiger partial charge in [0, 0.05) is 47.1 Å². The summed E-state index contributed by atoms with van der Waals surface area (Å²) in [5.41, 5.74) is 2.97. The van der Waals surface area contributed by atoms with E-state index >= 15 is 0 Å². The van der Waals surface area contributed by atoms with Crippen molar-refractivity contribution in [1.82, 2.24) is 5.32 Å². The van der Waals surface area contributed by atoms with Gasteiger partial charge in [-0.05, 0) is 24.1 Å². The SMILES string of the molecule is CS(=O)CCNC(=O)c1ccc2c(c1)NCC2. The van der Waals surface area contributed by atoms with Crippen LogP contribution in [0.25, 0.3) is 0 Å². The number of nitrogens with one attached hydrogen (secondary N) is 2. The zero-order valence-corrected chi connectivity index (χ0v) is 10.6. The molecule has 2 N–H and O–H groups in total. The topological polar surface area (TPSA) is 58.2 Å². The van der Waals surface area contributed by atoms with E-state index in [2.05, 4.69) is 10.6 Å². The summed E-state index contributed by atoms with van der Waals surface area (Å²) < 4.78 is 10.9. The molecule has 5 heteroatoms. The van der Waals surface area contributed by atoms with E-state index in [1.807, 2.05) is 18.2 Å². The van der Waals surface area contributed by atoms with E-state index in [0.717, 1.165) is 18.7 Å². The molecule has 0 aliphatic carbocycles. The number of carbonyl (C=O) groups excluding carboxylic acids is 1. The van der Waals surface area contributed by atoms with Gasteiger partial charge in [-0.25, -0.2) is 0 Å². The molecule has 0 saturated heterocycles. The van der Waals surface area contributed by atoms with Crippen LogP contribution in [0.1, 0.15) is 15.9 Å². The van der Waals surface area contributed by atoms with Gasteiger partial charge in [-0.2, -0.15) is 0 Å². The molecule has 4 nitrogen and oxygen atoms in total. The zero-order valence-electron chi connectivity index (χ0n) is 9.79. The Bertz CT molecular complexity index is 460. The lowest BCUT2D eigenvalue weighted by Gasteiger charge is -2.06. The van der Waals surface area contributed by atoms with Crippen LogP contribution >= 0.6 is 0 Å². The molecular weight excluding hydrogens is 236 g/mol. The standard InChI is InChI=1S/C12H16N2O2S/c1-17(16)7-6-14-12(15)10-3-2-9-4-5-13-11(9)8-10/h2-3,8,13H,4-7H2,1H3,(H,14,15). The zero-order chi connectivity index (χ0) is 12.3. The molecule has 0 bridgehead atoms.